The number of aliphatic hydroxyl groups is 1. The van der Waals surface area contributed by atoms with Crippen molar-refractivity contribution in [3.05, 3.63) is 30.1 Å². The summed E-state index contributed by atoms with van der Waals surface area (Å²) in [6.45, 7) is 5.22. The third-order valence-electron chi connectivity index (χ3n) is 4.25. The van der Waals surface area contributed by atoms with Gasteiger partial charge in [-0.15, -0.1) is 10.2 Å². The maximum absolute atomic E-state index is 13.2. The summed E-state index contributed by atoms with van der Waals surface area (Å²) < 4.78 is 13.2. The molecule has 3 rings (SSSR count). The van der Waals surface area contributed by atoms with Crippen LogP contribution in [0.5, 0.6) is 0 Å². The van der Waals surface area contributed by atoms with Crippen LogP contribution in [-0.2, 0) is 6.54 Å². The molecule has 0 radical (unpaired) electrons. The first-order valence-corrected chi connectivity index (χ1v) is 8.04. The highest BCUT2D eigenvalue weighted by molar-refractivity contribution is 5.53. The molecule has 6 nitrogen and oxygen atoms in total. The molecule has 2 heterocycles. The van der Waals surface area contributed by atoms with Gasteiger partial charge in [0.15, 0.2) is 0 Å². The maximum atomic E-state index is 13.2. The Morgan fingerprint density at radius 3 is 2.83 bits per heavy atom. The van der Waals surface area contributed by atoms with Crippen molar-refractivity contribution in [1.29, 1.82) is 0 Å². The lowest BCUT2D eigenvalue weighted by Gasteiger charge is -2.31. The fourth-order valence-electron chi connectivity index (χ4n) is 2.85. The lowest BCUT2D eigenvalue weighted by atomic mass is 9.99. The molecule has 1 fully saturated rings. The Morgan fingerprint density at radius 2 is 2.09 bits per heavy atom. The Hall–Kier alpha value is -1.86. The molecule has 1 saturated heterocycles. The van der Waals surface area contributed by atoms with E-state index in [4.69, 9.17) is 0 Å². The van der Waals surface area contributed by atoms with Gasteiger partial charge in [0.1, 0.15) is 5.82 Å². The van der Waals surface area contributed by atoms with Crippen LogP contribution in [0.15, 0.2) is 24.3 Å². The molecule has 0 bridgehead atoms. The molecule has 1 aliphatic rings. The Bertz CT molecular complexity index is 639. The fourth-order valence-corrected chi connectivity index (χ4v) is 2.85. The molecule has 0 spiro atoms. The minimum atomic E-state index is -0.544. The fraction of sp³-hybridized carbons (Fsp3) is 0.562. The van der Waals surface area contributed by atoms with Crippen molar-refractivity contribution >= 4 is 0 Å². The van der Waals surface area contributed by atoms with Crippen LogP contribution in [0.3, 0.4) is 0 Å². The summed E-state index contributed by atoms with van der Waals surface area (Å²) in [5.74, 6) is 0.802. The van der Waals surface area contributed by atoms with Crippen LogP contribution < -0.4 is 0 Å². The van der Waals surface area contributed by atoms with E-state index in [1.54, 1.807) is 12.1 Å². The van der Waals surface area contributed by atoms with E-state index < -0.39 is 6.10 Å². The highest BCUT2D eigenvalue weighted by Crippen LogP contribution is 2.17. The summed E-state index contributed by atoms with van der Waals surface area (Å²) in [5, 5.41) is 22.3. The highest BCUT2D eigenvalue weighted by atomic mass is 19.1. The highest BCUT2D eigenvalue weighted by Gasteiger charge is 2.19. The number of halogens is 1. The van der Waals surface area contributed by atoms with E-state index in [1.165, 1.54) is 29.8 Å². The number of aromatic nitrogens is 4. The first-order chi connectivity index (χ1) is 11.1. The summed E-state index contributed by atoms with van der Waals surface area (Å²) >= 11 is 0. The number of nitrogens with zero attached hydrogens (tertiary/aromatic N) is 5. The monoisotopic (exact) mass is 319 g/mol. The van der Waals surface area contributed by atoms with E-state index in [2.05, 4.69) is 27.2 Å². The smallest absolute Gasteiger partial charge is 0.205 e. The van der Waals surface area contributed by atoms with Crippen LogP contribution in [0.25, 0.3) is 11.4 Å². The topological polar surface area (TPSA) is 67.1 Å². The van der Waals surface area contributed by atoms with Gasteiger partial charge in [-0.1, -0.05) is 19.1 Å². The maximum Gasteiger partial charge on any atom is 0.205 e. The molecular formula is C16H22FN5O. The number of hydrogen-bond acceptors (Lipinski definition) is 5. The molecule has 0 saturated carbocycles. The first-order valence-electron chi connectivity index (χ1n) is 8.04. The number of piperidine rings is 1. The summed E-state index contributed by atoms with van der Waals surface area (Å²) in [7, 11) is 0. The van der Waals surface area contributed by atoms with Gasteiger partial charge in [-0.05, 0) is 49.2 Å². The Kier molecular flexibility index (Phi) is 4.97. The molecule has 7 heteroatoms. The quantitative estimate of drug-likeness (QED) is 0.906. The van der Waals surface area contributed by atoms with Gasteiger partial charge in [-0.3, -0.25) is 0 Å². The third kappa shape index (κ3) is 4.33. The SMILES string of the molecule is CC1CCN(C[C@H](O)Cn2nnc(-c3cccc(F)c3)n2)CC1. The number of rotatable bonds is 5. The zero-order chi connectivity index (χ0) is 16.2. The lowest BCUT2D eigenvalue weighted by Crippen LogP contribution is -2.40. The number of β-amino-alcohol motifs (C(OH)–C–C–N with tert-alkyl or cyclic N) is 1. The van der Waals surface area contributed by atoms with Gasteiger partial charge in [0.05, 0.1) is 12.6 Å². The molecule has 1 atom stereocenters. The molecular weight excluding hydrogens is 297 g/mol. The van der Waals surface area contributed by atoms with Crippen molar-refractivity contribution in [3.63, 3.8) is 0 Å². The Balaban J connectivity index is 1.56. The summed E-state index contributed by atoms with van der Waals surface area (Å²) in [4.78, 5) is 3.65. The summed E-state index contributed by atoms with van der Waals surface area (Å²) in [5.41, 5.74) is 0.579. The van der Waals surface area contributed by atoms with Gasteiger partial charge in [0.2, 0.25) is 5.82 Å². The van der Waals surface area contributed by atoms with Gasteiger partial charge in [-0.2, -0.15) is 4.80 Å². The van der Waals surface area contributed by atoms with Gasteiger partial charge >= 0.3 is 0 Å². The van der Waals surface area contributed by atoms with Gasteiger partial charge in [0, 0.05) is 12.1 Å². The largest absolute Gasteiger partial charge is 0.390 e. The standard InChI is InChI=1S/C16H22FN5O/c1-12-5-7-21(8-6-12)10-15(23)11-22-19-16(18-20-22)13-3-2-4-14(17)9-13/h2-4,9,12,15,23H,5-8,10-11H2,1H3/t15-/m0/s1. The number of hydrogen-bond donors (Lipinski definition) is 1. The number of aliphatic hydroxyl groups excluding tert-OH is 1. The molecule has 1 aromatic carbocycles. The second-order valence-corrected chi connectivity index (χ2v) is 6.32. The molecule has 1 aromatic heterocycles. The van der Waals surface area contributed by atoms with Crippen molar-refractivity contribution in [2.24, 2.45) is 5.92 Å². The van der Waals surface area contributed by atoms with Crippen LogP contribution in [0.2, 0.25) is 0 Å². The average Bonchev–Trinajstić information content (AvgIpc) is 2.98. The molecule has 1 aliphatic heterocycles. The predicted molar refractivity (Wildman–Crippen MR) is 84.1 cm³/mol. The van der Waals surface area contributed by atoms with Gasteiger partial charge < -0.3 is 10.0 Å². The first kappa shape index (κ1) is 16.0. The number of tetrazole rings is 1. The van der Waals surface area contributed by atoms with E-state index in [-0.39, 0.29) is 12.4 Å². The molecule has 23 heavy (non-hydrogen) atoms. The Morgan fingerprint density at radius 1 is 1.30 bits per heavy atom. The number of benzene rings is 1. The normalized spacial score (nSPS) is 18.2. The number of likely N-dealkylation sites (tertiary alicyclic amines) is 1. The van der Waals surface area contributed by atoms with E-state index >= 15 is 0 Å². The van der Waals surface area contributed by atoms with E-state index in [0.717, 1.165) is 19.0 Å². The Labute approximate surface area is 134 Å². The molecule has 0 aliphatic carbocycles. The predicted octanol–water partition coefficient (Wildman–Crippen LogP) is 1.57. The van der Waals surface area contributed by atoms with Crippen LogP contribution in [-0.4, -0.2) is 56.0 Å². The van der Waals surface area contributed by atoms with Crippen molar-refractivity contribution in [1.82, 2.24) is 25.1 Å². The van der Waals surface area contributed by atoms with E-state index in [9.17, 15) is 9.50 Å². The van der Waals surface area contributed by atoms with Crippen LogP contribution in [0.1, 0.15) is 19.8 Å². The minimum absolute atomic E-state index is 0.286. The summed E-state index contributed by atoms with van der Waals surface area (Å²) in [6, 6.07) is 6.08. The molecule has 124 valence electrons. The van der Waals surface area contributed by atoms with Crippen LogP contribution >= 0.6 is 0 Å². The second-order valence-electron chi connectivity index (χ2n) is 6.32. The third-order valence-corrected chi connectivity index (χ3v) is 4.25. The van der Waals surface area contributed by atoms with E-state index in [0.29, 0.717) is 17.9 Å². The average molecular weight is 319 g/mol. The zero-order valence-corrected chi connectivity index (χ0v) is 13.3. The lowest BCUT2D eigenvalue weighted by molar-refractivity contribution is 0.0743. The van der Waals surface area contributed by atoms with Crippen LogP contribution in [0.4, 0.5) is 4.39 Å². The van der Waals surface area contributed by atoms with Crippen LogP contribution in [0, 0.1) is 11.7 Å². The van der Waals surface area contributed by atoms with Crippen molar-refractivity contribution in [2.45, 2.75) is 32.4 Å². The molecule has 0 unspecified atom stereocenters. The molecule has 1 N–H and O–H groups in total. The molecule has 2 aromatic rings. The summed E-state index contributed by atoms with van der Waals surface area (Å²) in [6.07, 6.45) is 1.81. The molecule has 0 amide bonds. The van der Waals surface area contributed by atoms with Crippen molar-refractivity contribution in [2.75, 3.05) is 19.6 Å². The van der Waals surface area contributed by atoms with Gasteiger partial charge in [0.25, 0.3) is 0 Å². The van der Waals surface area contributed by atoms with Gasteiger partial charge in [-0.25, -0.2) is 4.39 Å². The zero-order valence-electron chi connectivity index (χ0n) is 13.3. The van der Waals surface area contributed by atoms with Crippen molar-refractivity contribution in [3.8, 4) is 11.4 Å². The van der Waals surface area contributed by atoms with Crippen molar-refractivity contribution < 1.29 is 9.50 Å². The second kappa shape index (κ2) is 7.14. The van der Waals surface area contributed by atoms with E-state index in [1.807, 2.05) is 0 Å². The minimum Gasteiger partial charge on any atom is -0.390 e.